The molecule has 0 aliphatic heterocycles. The second kappa shape index (κ2) is 6.95. The Morgan fingerprint density at radius 3 is 2.89 bits per heavy atom. The SMILES string of the molecule is CNC(=O)C(C)Nc1nc(CCC(=O)OC)cs1. The average molecular weight is 271 g/mol. The van der Waals surface area contributed by atoms with Gasteiger partial charge in [0.25, 0.3) is 0 Å². The largest absolute Gasteiger partial charge is 0.469 e. The predicted octanol–water partition coefficient (Wildman–Crippen LogP) is 0.795. The molecule has 6 nitrogen and oxygen atoms in total. The minimum atomic E-state index is -0.338. The van der Waals surface area contributed by atoms with E-state index in [4.69, 9.17) is 0 Å². The number of rotatable bonds is 6. The summed E-state index contributed by atoms with van der Waals surface area (Å²) < 4.78 is 4.56. The van der Waals surface area contributed by atoms with Gasteiger partial charge in [0.1, 0.15) is 6.04 Å². The van der Waals surface area contributed by atoms with Crippen LogP contribution in [0.15, 0.2) is 5.38 Å². The summed E-state index contributed by atoms with van der Waals surface area (Å²) in [5.74, 6) is -0.349. The molecule has 100 valence electrons. The first-order valence-electron chi connectivity index (χ1n) is 5.56. The molecule has 1 unspecified atom stereocenters. The Morgan fingerprint density at radius 2 is 2.28 bits per heavy atom. The smallest absolute Gasteiger partial charge is 0.305 e. The second-order valence-electron chi connectivity index (χ2n) is 3.70. The topological polar surface area (TPSA) is 80.3 Å². The van der Waals surface area contributed by atoms with Gasteiger partial charge in [0.2, 0.25) is 5.91 Å². The molecule has 1 heterocycles. The van der Waals surface area contributed by atoms with Crippen molar-refractivity contribution < 1.29 is 14.3 Å². The van der Waals surface area contributed by atoms with E-state index in [1.54, 1.807) is 14.0 Å². The van der Waals surface area contributed by atoms with Gasteiger partial charge in [-0.2, -0.15) is 0 Å². The molecule has 1 atom stereocenters. The molecular weight excluding hydrogens is 254 g/mol. The number of nitrogens with zero attached hydrogens (tertiary/aromatic N) is 1. The third-order valence-corrected chi connectivity index (χ3v) is 3.17. The predicted molar refractivity (Wildman–Crippen MR) is 69.6 cm³/mol. The zero-order valence-electron chi connectivity index (χ0n) is 10.6. The molecule has 0 bridgehead atoms. The van der Waals surface area contributed by atoms with Crippen LogP contribution >= 0.6 is 11.3 Å². The monoisotopic (exact) mass is 271 g/mol. The van der Waals surface area contributed by atoms with Gasteiger partial charge in [-0.3, -0.25) is 9.59 Å². The molecule has 0 aliphatic carbocycles. The summed E-state index contributed by atoms with van der Waals surface area (Å²) in [5, 5.41) is 8.08. The fourth-order valence-corrected chi connectivity index (χ4v) is 2.12. The van der Waals surface area contributed by atoms with Crippen molar-refractivity contribution in [2.24, 2.45) is 0 Å². The second-order valence-corrected chi connectivity index (χ2v) is 4.56. The van der Waals surface area contributed by atoms with Gasteiger partial charge in [-0.15, -0.1) is 11.3 Å². The summed E-state index contributed by atoms with van der Waals surface area (Å²) in [5.41, 5.74) is 0.817. The Labute approximate surface area is 110 Å². The van der Waals surface area contributed by atoms with Gasteiger partial charge in [-0.05, 0) is 6.92 Å². The third-order valence-electron chi connectivity index (χ3n) is 2.34. The number of methoxy groups -OCH3 is 1. The van der Waals surface area contributed by atoms with Gasteiger partial charge >= 0.3 is 5.97 Å². The van der Waals surface area contributed by atoms with E-state index >= 15 is 0 Å². The molecular formula is C11H17N3O3S. The van der Waals surface area contributed by atoms with Crippen molar-refractivity contribution in [1.82, 2.24) is 10.3 Å². The first-order valence-corrected chi connectivity index (χ1v) is 6.44. The lowest BCUT2D eigenvalue weighted by Crippen LogP contribution is -2.35. The van der Waals surface area contributed by atoms with E-state index in [0.717, 1.165) is 5.69 Å². The van der Waals surface area contributed by atoms with E-state index in [0.29, 0.717) is 18.0 Å². The van der Waals surface area contributed by atoms with Crippen LogP contribution in [-0.2, 0) is 20.7 Å². The molecule has 0 saturated carbocycles. The van der Waals surface area contributed by atoms with Crippen molar-refractivity contribution in [1.29, 1.82) is 0 Å². The first-order chi connectivity index (χ1) is 8.56. The van der Waals surface area contributed by atoms with Crippen molar-refractivity contribution >= 4 is 28.3 Å². The van der Waals surface area contributed by atoms with Crippen LogP contribution in [0.4, 0.5) is 5.13 Å². The van der Waals surface area contributed by atoms with Crippen LogP contribution in [0.3, 0.4) is 0 Å². The number of hydrogen-bond donors (Lipinski definition) is 2. The van der Waals surface area contributed by atoms with E-state index < -0.39 is 0 Å². The van der Waals surface area contributed by atoms with E-state index in [9.17, 15) is 9.59 Å². The van der Waals surface area contributed by atoms with Crippen LogP contribution in [0.2, 0.25) is 0 Å². The highest BCUT2D eigenvalue weighted by Crippen LogP contribution is 2.17. The number of aryl methyl sites for hydroxylation is 1. The molecule has 1 amide bonds. The number of thiazole rings is 1. The van der Waals surface area contributed by atoms with Gasteiger partial charge in [-0.1, -0.05) is 0 Å². The van der Waals surface area contributed by atoms with Crippen LogP contribution < -0.4 is 10.6 Å². The van der Waals surface area contributed by atoms with Gasteiger partial charge in [0, 0.05) is 18.8 Å². The number of ether oxygens (including phenoxy) is 1. The van der Waals surface area contributed by atoms with E-state index in [-0.39, 0.29) is 17.9 Å². The molecule has 0 aromatic carbocycles. The Morgan fingerprint density at radius 1 is 1.56 bits per heavy atom. The average Bonchev–Trinajstić information content (AvgIpc) is 2.82. The molecule has 0 radical (unpaired) electrons. The summed E-state index contributed by atoms with van der Waals surface area (Å²) in [4.78, 5) is 26.6. The maximum Gasteiger partial charge on any atom is 0.305 e. The fourth-order valence-electron chi connectivity index (χ4n) is 1.29. The maximum atomic E-state index is 11.3. The normalized spacial score (nSPS) is 11.7. The molecule has 0 saturated heterocycles. The van der Waals surface area contributed by atoms with E-state index in [2.05, 4.69) is 20.4 Å². The van der Waals surface area contributed by atoms with E-state index in [1.807, 2.05) is 5.38 Å². The van der Waals surface area contributed by atoms with Crippen molar-refractivity contribution in [3.8, 4) is 0 Å². The van der Waals surface area contributed by atoms with Crippen LogP contribution in [0.5, 0.6) is 0 Å². The highest BCUT2D eigenvalue weighted by Gasteiger charge is 2.12. The van der Waals surface area contributed by atoms with Crippen molar-refractivity contribution in [3.05, 3.63) is 11.1 Å². The number of aromatic nitrogens is 1. The molecule has 0 spiro atoms. The zero-order valence-corrected chi connectivity index (χ0v) is 11.5. The van der Waals surface area contributed by atoms with Crippen LogP contribution in [-0.4, -0.2) is 37.1 Å². The summed E-state index contributed by atoms with van der Waals surface area (Å²) in [6.45, 7) is 1.76. The highest BCUT2D eigenvalue weighted by molar-refractivity contribution is 7.13. The van der Waals surface area contributed by atoms with E-state index in [1.165, 1.54) is 18.4 Å². The minimum Gasteiger partial charge on any atom is -0.469 e. The third kappa shape index (κ3) is 4.33. The molecule has 0 aliphatic rings. The van der Waals surface area contributed by atoms with Gasteiger partial charge < -0.3 is 15.4 Å². The number of anilines is 1. The number of likely N-dealkylation sites (N-methyl/N-ethyl adjacent to an activating group) is 1. The summed E-state index contributed by atoms with van der Waals surface area (Å²) in [6.07, 6.45) is 0.851. The molecule has 1 aromatic heterocycles. The van der Waals surface area contributed by atoms with Gasteiger partial charge in [0.05, 0.1) is 19.2 Å². The molecule has 1 rings (SSSR count). The highest BCUT2D eigenvalue weighted by atomic mass is 32.1. The molecule has 7 heteroatoms. The fraction of sp³-hybridized carbons (Fsp3) is 0.545. The Hall–Kier alpha value is -1.63. The number of carbonyl (C=O) groups is 2. The number of esters is 1. The van der Waals surface area contributed by atoms with Crippen LogP contribution in [0.1, 0.15) is 19.0 Å². The van der Waals surface area contributed by atoms with Crippen molar-refractivity contribution in [2.75, 3.05) is 19.5 Å². The number of carbonyl (C=O) groups excluding carboxylic acids is 2. The lowest BCUT2D eigenvalue weighted by atomic mass is 10.2. The standard InChI is InChI=1S/C11H17N3O3S/c1-7(10(16)12-2)13-11-14-8(6-18-11)4-5-9(15)17-3/h6-7H,4-5H2,1-3H3,(H,12,16)(H,13,14). The molecule has 2 N–H and O–H groups in total. The molecule has 1 aromatic rings. The van der Waals surface area contributed by atoms with Gasteiger partial charge in [0.15, 0.2) is 5.13 Å². The Bertz CT molecular complexity index is 419. The summed E-state index contributed by atoms with van der Waals surface area (Å²) >= 11 is 1.41. The number of amides is 1. The Balaban J connectivity index is 2.48. The zero-order chi connectivity index (χ0) is 13.5. The minimum absolute atomic E-state index is 0.0960. The van der Waals surface area contributed by atoms with Crippen molar-refractivity contribution in [2.45, 2.75) is 25.8 Å². The molecule has 18 heavy (non-hydrogen) atoms. The number of nitrogens with one attached hydrogen (secondary N) is 2. The summed E-state index contributed by atoms with van der Waals surface area (Å²) in [7, 11) is 2.95. The molecule has 0 fully saturated rings. The quantitative estimate of drug-likeness (QED) is 0.748. The first kappa shape index (κ1) is 14.4. The van der Waals surface area contributed by atoms with Gasteiger partial charge in [-0.25, -0.2) is 4.98 Å². The summed E-state index contributed by atoms with van der Waals surface area (Å²) in [6, 6.07) is -0.338. The lowest BCUT2D eigenvalue weighted by molar-refractivity contribution is -0.140. The van der Waals surface area contributed by atoms with Crippen molar-refractivity contribution in [3.63, 3.8) is 0 Å². The van der Waals surface area contributed by atoms with Crippen LogP contribution in [0, 0.1) is 0 Å². The maximum absolute atomic E-state index is 11.3. The lowest BCUT2D eigenvalue weighted by Gasteiger charge is -2.10. The number of hydrogen-bond acceptors (Lipinski definition) is 6. The van der Waals surface area contributed by atoms with Crippen LogP contribution in [0.25, 0.3) is 0 Å². The Kier molecular flexibility index (Phi) is 5.57.